The first-order valence-corrected chi connectivity index (χ1v) is 56.8. The highest BCUT2D eigenvalue weighted by Gasteiger charge is 2.52. The molecule has 0 aliphatic carbocycles. The van der Waals surface area contributed by atoms with E-state index >= 15 is 14.4 Å². The minimum Gasteiger partial charge on any atom is -0.462 e. The zero-order valence-electron chi connectivity index (χ0n) is 87.4. The van der Waals surface area contributed by atoms with Crippen molar-refractivity contribution in [2.24, 2.45) is 0 Å². The Morgan fingerprint density at radius 1 is 0.292 bits per heavy atom. The lowest BCUT2D eigenvalue weighted by atomic mass is 9.94. The van der Waals surface area contributed by atoms with Crippen LogP contribution in [-0.2, 0) is 96.0 Å². The third-order valence-electron chi connectivity index (χ3n) is 27.6. The molecule has 0 spiro atoms. The van der Waals surface area contributed by atoms with Crippen molar-refractivity contribution in [1.29, 1.82) is 0 Å². The van der Waals surface area contributed by atoms with Crippen molar-refractivity contribution in [2.75, 3.05) is 13.2 Å². The first kappa shape index (κ1) is 122. The molecule has 0 radical (unpaired) electrons. The molecule has 20 heteroatoms. The Labute approximate surface area is 832 Å². The predicted molar refractivity (Wildman–Crippen MR) is 554 cm³/mol. The van der Waals surface area contributed by atoms with E-state index in [1.54, 1.807) is 0 Å². The van der Waals surface area contributed by atoms with Crippen LogP contribution in [0, 0.1) is 0 Å². The van der Waals surface area contributed by atoms with Crippen LogP contribution in [0.1, 0.15) is 501 Å². The molecule has 13 atom stereocenters. The molecular weight excluding hydrogens is 1720 g/mol. The van der Waals surface area contributed by atoms with Crippen LogP contribution < -0.4 is 10.6 Å². The van der Waals surface area contributed by atoms with Gasteiger partial charge in [-0.2, -0.15) is 0 Å². The molecule has 4 N–H and O–H groups in total. The average molecular weight is 1920 g/mol. The summed E-state index contributed by atoms with van der Waals surface area (Å²) in [6.45, 7) is 12.9. The van der Waals surface area contributed by atoms with Gasteiger partial charge in [-0.1, -0.05) is 479 Å². The number of hydrogen-bond donors (Lipinski definition) is 4. The quantitative estimate of drug-likeness (QED) is 0.0233. The van der Waals surface area contributed by atoms with Crippen molar-refractivity contribution in [2.45, 2.75) is 584 Å². The van der Waals surface area contributed by atoms with Crippen LogP contribution >= 0.6 is 0 Å². The summed E-state index contributed by atoms with van der Waals surface area (Å²) in [5.74, 6) is -2.95. The van der Waals surface area contributed by atoms with E-state index in [1.807, 2.05) is 91.0 Å². The fourth-order valence-corrected chi connectivity index (χ4v) is 19.2. The standard InChI is InChI=1S/C117H198N2O18/c1-7-13-19-25-31-37-40-46-52-58-73-85-106(122)132-99(82-70-55-49-43-34-28-22-16-10-4)88-104(120)118-110-115(130-93-98-80-68-63-69-81-98)113(129-92-97-78-66-62-67-79-97)103(135-116(110)127)95-131-117-111(119-105(121)89-100(83-71-56-50-44-35-29-23-17-11-5)133-107(123)86-74-59-53-47-41-38-32-26-20-14-8-2)114(112(126)102(136-117)94-128-91-96-76-64-61-65-77-96)137-109(125)90-101(84-72-57-51-45-36-30-24-18-12-6)134-108(124)87-75-60-54-48-42-39-33-27-21-15-9-3/h61-69,76-81,99-103,110-117,126-127H,7-60,70-75,82-95H2,1-6H3,(H,118,120)(H,119,121)/t99-,100-,101-,102-,103-,110-,111-,112-,113-,114-,115-,116-,117-/m1/s1. The summed E-state index contributed by atoms with van der Waals surface area (Å²) in [4.78, 5) is 88.1. The molecule has 137 heavy (non-hydrogen) atoms. The zero-order chi connectivity index (χ0) is 98.1. The van der Waals surface area contributed by atoms with Gasteiger partial charge in [0.2, 0.25) is 11.8 Å². The van der Waals surface area contributed by atoms with Gasteiger partial charge in [0.15, 0.2) is 18.7 Å². The monoisotopic (exact) mass is 1920 g/mol. The van der Waals surface area contributed by atoms with Gasteiger partial charge < -0.3 is 68.2 Å². The molecule has 0 saturated carbocycles. The van der Waals surface area contributed by atoms with Crippen molar-refractivity contribution in [1.82, 2.24) is 10.6 Å². The van der Waals surface area contributed by atoms with Gasteiger partial charge in [-0.15, -0.1) is 0 Å². The molecule has 5 rings (SSSR count). The molecule has 20 nitrogen and oxygen atoms in total. The van der Waals surface area contributed by atoms with E-state index in [0.717, 1.165) is 152 Å². The molecule has 2 heterocycles. The number of rotatable bonds is 91. The van der Waals surface area contributed by atoms with Crippen molar-refractivity contribution in [3.05, 3.63) is 108 Å². The van der Waals surface area contributed by atoms with Crippen LogP contribution in [0.3, 0.4) is 0 Å². The fraction of sp³-hybridized carbons (Fsp3) is 0.795. The molecule has 2 aliphatic rings. The second-order valence-electron chi connectivity index (χ2n) is 40.3. The number of benzene rings is 3. The molecular formula is C117H198N2O18. The molecule has 0 aromatic heterocycles. The lowest BCUT2D eigenvalue weighted by Crippen LogP contribution is -2.67. The molecule has 784 valence electrons. The van der Waals surface area contributed by atoms with Crippen LogP contribution in [0.25, 0.3) is 0 Å². The SMILES string of the molecule is CCCCCCCCCCCCCC(=O)O[C@H](CCCCCCCCCCC)CC(=O)N[C@@H]1[C@@H](OCc2ccccc2)[C@H](OCc2ccccc2)[C@@H](CO[C@@H]2O[C@H](COCc3ccccc3)[C@@H](O)[C@H](OC(=O)C[C@@H](CCCCCCCCCCC)OC(=O)CCCCCCCCCCCCC)[C@H]2NC(=O)C[C@@H](CCCCCCCCCCC)OC(=O)CCCCCCCCCCCCC)O[C@H]1O. The maximum atomic E-state index is 15.6. The molecule has 3 aromatic rings. The number of ether oxygens (including phenoxy) is 10. The Balaban J connectivity index is 1.56. The first-order valence-electron chi connectivity index (χ1n) is 56.8. The smallest absolute Gasteiger partial charge is 0.310 e. The summed E-state index contributed by atoms with van der Waals surface area (Å²) >= 11 is 0. The number of aliphatic hydroxyl groups is 2. The highest BCUT2D eigenvalue weighted by molar-refractivity contribution is 5.79. The number of carbonyl (C=O) groups excluding carboxylic acids is 6. The zero-order valence-corrected chi connectivity index (χ0v) is 87.4. The molecule has 0 bridgehead atoms. The van der Waals surface area contributed by atoms with Crippen LogP contribution in [-0.4, -0.2) is 139 Å². The van der Waals surface area contributed by atoms with Crippen molar-refractivity contribution in [3.63, 3.8) is 0 Å². The second kappa shape index (κ2) is 83.6. The Hall–Kier alpha value is -5.84. The largest absolute Gasteiger partial charge is 0.462 e. The number of unbranched alkanes of at least 4 members (excludes halogenated alkanes) is 54. The summed E-state index contributed by atoms with van der Waals surface area (Å²) in [5.41, 5.74) is 2.45. The second-order valence-corrected chi connectivity index (χ2v) is 40.3. The molecule has 2 amide bonds. The van der Waals surface area contributed by atoms with Crippen molar-refractivity contribution < 1.29 is 86.3 Å². The van der Waals surface area contributed by atoms with Gasteiger partial charge >= 0.3 is 23.9 Å². The van der Waals surface area contributed by atoms with Gasteiger partial charge in [0.05, 0.1) is 52.3 Å². The van der Waals surface area contributed by atoms with E-state index in [9.17, 15) is 24.6 Å². The highest BCUT2D eigenvalue weighted by atomic mass is 16.7. The normalized spacial score (nSPS) is 18.9. The van der Waals surface area contributed by atoms with Crippen LogP contribution in [0.2, 0.25) is 0 Å². The Morgan fingerprint density at radius 3 is 0.905 bits per heavy atom. The summed E-state index contributed by atoms with van der Waals surface area (Å²) in [6.07, 6.45) is 53.9. The summed E-state index contributed by atoms with van der Waals surface area (Å²) < 4.78 is 66.8. The lowest BCUT2D eigenvalue weighted by molar-refractivity contribution is -0.308. The topological polar surface area (TPSA) is 259 Å². The maximum Gasteiger partial charge on any atom is 0.310 e. The van der Waals surface area contributed by atoms with E-state index < -0.39 is 104 Å². The molecule has 2 saturated heterocycles. The Bertz CT molecular complexity index is 3350. The fourth-order valence-electron chi connectivity index (χ4n) is 19.2. The maximum absolute atomic E-state index is 15.6. The number of nitrogens with one attached hydrogen (secondary N) is 2. The van der Waals surface area contributed by atoms with E-state index in [-0.39, 0.29) is 82.9 Å². The number of esters is 4. The summed E-state index contributed by atoms with van der Waals surface area (Å²) in [6, 6.07) is 26.0. The molecule has 0 unspecified atom stereocenters. The number of hydrogen-bond acceptors (Lipinski definition) is 18. The number of aliphatic hydroxyl groups excluding tert-OH is 2. The summed E-state index contributed by atoms with van der Waals surface area (Å²) in [7, 11) is 0. The van der Waals surface area contributed by atoms with E-state index in [1.165, 1.54) is 218 Å². The Morgan fingerprint density at radius 2 is 0.577 bits per heavy atom. The van der Waals surface area contributed by atoms with Crippen LogP contribution in [0.5, 0.6) is 0 Å². The van der Waals surface area contributed by atoms with Gasteiger partial charge in [-0.25, -0.2) is 0 Å². The Kier molecular flexibility index (Phi) is 74.2. The van der Waals surface area contributed by atoms with Gasteiger partial charge in [0.1, 0.15) is 60.9 Å². The third kappa shape index (κ3) is 61.0. The summed E-state index contributed by atoms with van der Waals surface area (Å²) in [5, 5.41) is 32.1. The molecule has 2 fully saturated rings. The van der Waals surface area contributed by atoms with Gasteiger partial charge in [0, 0.05) is 19.3 Å². The predicted octanol–water partition coefficient (Wildman–Crippen LogP) is 28.8. The van der Waals surface area contributed by atoms with E-state index in [4.69, 9.17) is 47.4 Å². The first-order chi connectivity index (χ1) is 67.2. The highest BCUT2D eigenvalue weighted by Crippen LogP contribution is 2.34. The van der Waals surface area contributed by atoms with Crippen molar-refractivity contribution >= 4 is 35.7 Å². The van der Waals surface area contributed by atoms with Gasteiger partial charge in [0.25, 0.3) is 0 Å². The third-order valence-corrected chi connectivity index (χ3v) is 27.6. The molecule has 2 aliphatic heterocycles. The van der Waals surface area contributed by atoms with Crippen LogP contribution in [0.4, 0.5) is 0 Å². The van der Waals surface area contributed by atoms with E-state index in [2.05, 4.69) is 52.2 Å². The lowest BCUT2D eigenvalue weighted by Gasteiger charge is -2.47. The minimum absolute atomic E-state index is 0.0180. The van der Waals surface area contributed by atoms with E-state index in [0.29, 0.717) is 51.4 Å². The number of amides is 2. The van der Waals surface area contributed by atoms with Gasteiger partial charge in [-0.3, -0.25) is 28.8 Å². The van der Waals surface area contributed by atoms with Crippen molar-refractivity contribution in [3.8, 4) is 0 Å². The average Bonchev–Trinajstić information content (AvgIpc) is 0.782. The molecule has 3 aromatic carbocycles. The minimum atomic E-state index is -1.76. The van der Waals surface area contributed by atoms with Gasteiger partial charge in [-0.05, 0) is 74.5 Å². The van der Waals surface area contributed by atoms with Crippen LogP contribution in [0.15, 0.2) is 91.0 Å². The number of carbonyl (C=O) groups is 6.